The molecule has 0 aromatic carbocycles. The summed E-state index contributed by atoms with van der Waals surface area (Å²) in [5, 5.41) is 0.111. The summed E-state index contributed by atoms with van der Waals surface area (Å²) in [6.07, 6.45) is 5.33. The Morgan fingerprint density at radius 3 is 2.56 bits per heavy atom. The fourth-order valence-electron chi connectivity index (χ4n) is 1.19. The monoisotopic (exact) mass is 265 g/mol. The molecular formula is C11H20ClNO2S. The first-order valence-corrected chi connectivity index (χ1v) is 7.07. The average molecular weight is 266 g/mol. The number of carbonyl (C=O) groups is 2. The van der Waals surface area contributed by atoms with Crippen molar-refractivity contribution in [2.45, 2.75) is 45.4 Å². The van der Waals surface area contributed by atoms with E-state index in [0.717, 1.165) is 12.2 Å². The van der Waals surface area contributed by atoms with Crippen LogP contribution in [0.3, 0.4) is 0 Å². The number of hydrogen-bond acceptors (Lipinski definition) is 4. The van der Waals surface area contributed by atoms with E-state index in [1.54, 1.807) is 0 Å². The number of carbonyl (C=O) groups excluding carboxylic acids is 2. The largest absolute Gasteiger partial charge is 0.298 e. The first kappa shape index (κ1) is 15.9. The highest BCUT2D eigenvalue weighted by atomic mass is 35.5. The summed E-state index contributed by atoms with van der Waals surface area (Å²) in [5.41, 5.74) is 0. The number of rotatable bonds is 10. The van der Waals surface area contributed by atoms with Crippen LogP contribution in [0.2, 0.25) is 0 Å². The second kappa shape index (κ2) is 11.4. The molecule has 0 unspecified atom stereocenters. The van der Waals surface area contributed by atoms with Crippen LogP contribution in [-0.4, -0.2) is 23.2 Å². The number of Topliss-reactive ketones (excluding diaryl/α,β-unsaturated/α-hetero) is 1. The molecule has 1 N–H and O–H groups in total. The van der Waals surface area contributed by atoms with Crippen molar-refractivity contribution in [3.8, 4) is 0 Å². The van der Waals surface area contributed by atoms with Crippen molar-refractivity contribution in [3.05, 3.63) is 0 Å². The number of nitrogens with one attached hydrogen (secondary N) is 1. The predicted octanol–water partition coefficient (Wildman–Crippen LogP) is 2.92. The van der Waals surface area contributed by atoms with E-state index < -0.39 is 0 Å². The lowest BCUT2D eigenvalue weighted by molar-refractivity contribution is -0.120. The molecule has 0 amide bonds. The van der Waals surface area contributed by atoms with Crippen LogP contribution in [0.4, 0.5) is 0 Å². The van der Waals surface area contributed by atoms with E-state index in [2.05, 4.69) is 11.8 Å². The summed E-state index contributed by atoms with van der Waals surface area (Å²) in [7, 11) is 0. The number of ketones is 1. The minimum absolute atomic E-state index is 0.0186. The van der Waals surface area contributed by atoms with Crippen LogP contribution in [0.5, 0.6) is 0 Å². The summed E-state index contributed by atoms with van der Waals surface area (Å²) in [6.45, 7) is 2.30. The molecule has 0 atom stereocenters. The number of hydrogen-bond donors (Lipinski definition) is 1. The van der Waals surface area contributed by atoms with Gasteiger partial charge in [0, 0.05) is 18.6 Å². The van der Waals surface area contributed by atoms with E-state index in [0.29, 0.717) is 12.8 Å². The van der Waals surface area contributed by atoms with Crippen molar-refractivity contribution in [1.29, 1.82) is 0 Å². The molecule has 0 saturated heterocycles. The van der Waals surface area contributed by atoms with Crippen molar-refractivity contribution in [2.24, 2.45) is 0 Å². The quantitative estimate of drug-likeness (QED) is 0.487. The van der Waals surface area contributed by atoms with Crippen molar-refractivity contribution in [3.63, 3.8) is 0 Å². The highest BCUT2D eigenvalue weighted by Crippen LogP contribution is 2.11. The van der Waals surface area contributed by atoms with Crippen LogP contribution in [0.1, 0.15) is 45.4 Å². The Labute approximate surface area is 107 Å². The summed E-state index contributed by atoms with van der Waals surface area (Å²) < 4.78 is 0. The number of halogens is 1. The van der Waals surface area contributed by atoms with Crippen molar-refractivity contribution < 1.29 is 9.59 Å². The second-order valence-corrected chi connectivity index (χ2v) is 5.05. The first-order chi connectivity index (χ1) is 7.70. The summed E-state index contributed by atoms with van der Waals surface area (Å²) in [4.78, 5) is 24.7. The SMILES string of the molecule is CCCCCCSC(=O)CCC(=O)CNCl. The van der Waals surface area contributed by atoms with Crippen LogP contribution < -0.4 is 4.84 Å². The third kappa shape index (κ3) is 10.5. The average Bonchev–Trinajstić information content (AvgIpc) is 2.26. The van der Waals surface area contributed by atoms with Gasteiger partial charge in [-0.15, -0.1) is 0 Å². The summed E-state index contributed by atoms with van der Waals surface area (Å²) in [6, 6.07) is 0. The molecule has 0 saturated carbocycles. The fraction of sp³-hybridized carbons (Fsp3) is 0.818. The third-order valence-electron chi connectivity index (χ3n) is 2.13. The maximum absolute atomic E-state index is 11.3. The number of thioether (sulfide) groups is 1. The van der Waals surface area contributed by atoms with E-state index in [-0.39, 0.29) is 17.4 Å². The molecule has 0 bridgehead atoms. The minimum atomic E-state index is -0.0186. The molecule has 0 aliphatic rings. The molecule has 0 aromatic rings. The minimum Gasteiger partial charge on any atom is -0.298 e. The van der Waals surface area contributed by atoms with E-state index in [1.165, 1.54) is 31.0 Å². The first-order valence-electron chi connectivity index (χ1n) is 5.71. The van der Waals surface area contributed by atoms with Crippen LogP contribution >= 0.6 is 23.5 Å². The second-order valence-electron chi connectivity index (χ2n) is 3.63. The normalized spacial score (nSPS) is 10.4. The fourth-order valence-corrected chi connectivity index (χ4v) is 2.16. The van der Waals surface area contributed by atoms with Gasteiger partial charge in [-0.1, -0.05) is 37.9 Å². The van der Waals surface area contributed by atoms with E-state index in [1.807, 2.05) is 0 Å². The Kier molecular flexibility index (Phi) is 11.4. The summed E-state index contributed by atoms with van der Waals surface area (Å²) in [5.74, 6) is 0.857. The van der Waals surface area contributed by atoms with Crippen LogP contribution in [0, 0.1) is 0 Å². The van der Waals surface area contributed by atoms with Gasteiger partial charge in [0.15, 0.2) is 5.12 Å². The van der Waals surface area contributed by atoms with Crippen LogP contribution in [0.25, 0.3) is 0 Å². The van der Waals surface area contributed by atoms with Gasteiger partial charge in [-0.3, -0.25) is 9.59 Å². The molecule has 0 heterocycles. The maximum atomic E-state index is 11.3. The Hall–Kier alpha value is -0.0600. The van der Waals surface area contributed by atoms with Crippen LogP contribution in [0.15, 0.2) is 0 Å². The lowest BCUT2D eigenvalue weighted by Gasteiger charge is -2.00. The predicted molar refractivity (Wildman–Crippen MR) is 69.7 cm³/mol. The molecular weight excluding hydrogens is 246 g/mol. The molecule has 0 radical (unpaired) electrons. The number of unbranched alkanes of at least 4 members (excludes halogenated alkanes) is 3. The standard InChI is InChI=1S/C11H20ClNO2S/c1-2-3-4-5-8-16-11(15)7-6-10(14)9-13-12/h13H,2-9H2,1H3. The van der Waals surface area contributed by atoms with Gasteiger partial charge in [0.2, 0.25) is 0 Å². The van der Waals surface area contributed by atoms with Crippen molar-refractivity contribution >= 4 is 34.4 Å². The Morgan fingerprint density at radius 2 is 1.94 bits per heavy atom. The lowest BCUT2D eigenvalue weighted by Crippen LogP contribution is -2.14. The zero-order valence-electron chi connectivity index (χ0n) is 9.76. The highest BCUT2D eigenvalue weighted by molar-refractivity contribution is 8.13. The van der Waals surface area contributed by atoms with Gasteiger partial charge in [0.05, 0.1) is 6.54 Å². The molecule has 0 rings (SSSR count). The Balaban J connectivity index is 3.34. The molecule has 0 aromatic heterocycles. The summed E-state index contributed by atoms with van der Waals surface area (Å²) >= 11 is 6.53. The molecule has 5 heteroatoms. The lowest BCUT2D eigenvalue weighted by atomic mass is 10.2. The molecule has 0 aliphatic carbocycles. The van der Waals surface area contributed by atoms with Gasteiger partial charge >= 0.3 is 0 Å². The van der Waals surface area contributed by atoms with Crippen molar-refractivity contribution in [1.82, 2.24) is 4.84 Å². The zero-order chi connectivity index (χ0) is 12.2. The molecule has 0 aliphatic heterocycles. The van der Waals surface area contributed by atoms with Gasteiger partial charge in [-0.05, 0) is 18.2 Å². The molecule has 0 spiro atoms. The molecule has 94 valence electrons. The van der Waals surface area contributed by atoms with Crippen LogP contribution in [-0.2, 0) is 9.59 Å². The van der Waals surface area contributed by atoms with Gasteiger partial charge in [-0.2, -0.15) is 0 Å². The van der Waals surface area contributed by atoms with E-state index >= 15 is 0 Å². The third-order valence-corrected chi connectivity index (χ3v) is 3.29. The van der Waals surface area contributed by atoms with Crippen molar-refractivity contribution in [2.75, 3.05) is 12.3 Å². The molecule has 0 fully saturated rings. The van der Waals surface area contributed by atoms with E-state index in [9.17, 15) is 9.59 Å². The maximum Gasteiger partial charge on any atom is 0.189 e. The van der Waals surface area contributed by atoms with Gasteiger partial charge < -0.3 is 0 Å². The molecule has 16 heavy (non-hydrogen) atoms. The zero-order valence-corrected chi connectivity index (χ0v) is 11.3. The van der Waals surface area contributed by atoms with Gasteiger partial charge in [0.1, 0.15) is 5.78 Å². The Morgan fingerprint density at radius 1 is 1.19 bits per heavy atom. The van der Waals surface area contributed by atoms with Gasteiger partial charge in [0.25, 0.3) is 0 Å². The smallest absolute Gasteiger partial charge is 0.189 e. The van der Waals surface area contributed by atoms with Gasteiger partial charge in [-0.25, -0.2) is 4.84 Å². The Bertz CT molecular complexity index is 212. The topological polar surface area (TPSA) is 46.2 Å². The highest BCUT2D eigenvalue weighted by Gasteiger charge is 2.06. The van der Waals surface area contributed by atoms with E-state index in [4.69, 9.17) is 11.8 Å². The molecule has 3 nitrogen and oxygen atoms in total.